The molecule has 7 heterocycles. The van der Waals surface area contributed by atoms with Crippen LogP contribution < -0.4 is 18.5 Å². The van der Waals surface area contributed by atoms with Gasteiger partial charge >= 0.3 is 12.1 Å². The maximum atomic E-state index is 2.66. The second-order valence-electron chi connectivity index (χ2n) is 17.8. The van der Waals surface area contributed by atoms with E-state index in [4.69, 9.17) is 0 Å². The van der Waals surface area contributed by atoms with E-state index >= 15 is 0 Å². The SMILES string of the molecule is c1ccc(-c2cccc(-c3ccccc3)c2[N+]23c4ccccc4[N+]24c2cccc5c2[N+]2(c6c(ccc7c8ccccc8n(c67)-c6cccc[n+]62)-c2ccc6ccccc6c2-5)C43)cc1. The highest BCUT2D eigenvalue weighted by Crippen LogP contribution is 2.86. The lowest BCUT2D eigenvalue weighted by Gasteiger charge is -2.35. The number of hydrogen-bond donors (Lipinski definition) is 0. The van der Waals surface area contributed by atoms with Crippen LogP contribution in [0.1, 0.15) is 0 Å². The maximum Gasteiger partial charge on any atom is 0.498 e. The summed E-state index contributed by atoms with van der Waals surface area (Å²) in [4.78, 5) is 0. The van der Waals surface area contributed by atoms with E-state index in [1.54, 1.807) is 0 Å². The third-order valence-electron chi connectivity index (χ3n) is 15.4. The van der Waals surface area contributed by atoms with Crippen molar-refractivity contribution in [2.75, 3.05) is 0 Å². The van der Waals surface area contributed by atoms with Gasteiger partial charge in [-0.25, -0.2) is 0 Å². The van der Waals surface area contributed by atoms with Crippen LogP contribution in [0.2, 0.25) is 0 Å². The monoisotopic (exact) mass is 803 g/mol. The molecule has 11 aromatic rings. The molecule has 0 N–H and O–H groups in total. The number of nitrogens with zero attached hydrogens (tertiary/aromatic N) is 5. The van der Waals surface area contributed by atoms with Gasteiger partial charge in [0.15, 0.2) is 6.20 Å². The van der Waals surface area contributed by atoms with Gasteiger partial charge in [-0.05, 0) is 80.7 Å². The van der Waals surface area contributed by atoms with Crippen molar-refractivity contribution in [3.8, 4) is 50.3 Å². The van der Waals surface area contributed by atoms with Crippen LogP contribution in [0.25, 0.3) is 82.9 Å². The minimum Gasteiger partial charge on any atom is -0.181 e. The zero-order valence-corrected chi connectivity index (χ0v) is 34.1. The van der Waals surface area contributed by atoms with Crippen LogP contribution in [-0.2, 0) is 0 Å². The van der Waals surface area contributed by atoms with Gasteiger partial charge in [0.1, 0.15) is 5.52 Å². The third kappa shape index (κ3) is 3.35. The van der Waals surface area contributed by atoms with E-state index in [2.05, 4.69) is 228 Å². The van der Waals surface area contributed by atoms with Crippen molar-refractivity contribution < 1.29 is 4.68 Å². The lowest BCUT2D eigenvalue weighted by atomic mass is 9.89. The summed E-state index contributed by atoms with van der Waals surface area (Å²) < 4.78 is 7.08. The highest BCUT2D eigenvalue weighted by molar-refractivity contribution is 6.22. The molecule has 0 aliphatic carbocycles. The Morgan fingerprint density at radius 2 is 1.00 bits per heavy atom. The van der Waals surface area contributed by atoms with Crippen LogP contribution >= 0.6 is 0 Å². The molecular formula is C58H37N5+4. The van der Waals surface area contributed by atoms with E-state index in [-0.39, 0.29) is 6.29 Å². The molecule has 63 heavy (non-hydrogen) atoms. The first kappa shape index (κ1) is 32.8. The first-order valence-electron chi connectivity index (χ1n) is 22.1. The predicted octanol–water partition coefficient (Wildman–Crippen LogP) is 14.1. The number of rotatable bonds is 3. The molecule has 0 amide bonds. The van der Waals surface area contributed by atoms with Gasteiger partial charge < -0.3 is 0 Å². The lowest BCUT2D eigenvalue weighted by molar-refractivity contribution is -0.793. The third-order valence-corrected chi connectivity index (χ3v) is 15.4. The minimum atomic E-state index is -0.0753. The number of quaternary nitrogens is 3. The van der Waals surface area contributed by atoms with Crippen molar-refractivity contribution in [2.45, 2.75) is 6.29 Å². The number of para-hydroxylation sites is 5. The fourth-order valence-corrected chi connectivity index (χ4v) is 13.4. The fourth-order valence-electron chi connectivity index (χ4n) is 13.4. The molecule has 5 nitrogen and oxygen atoms in total. The Bertz CT molecular complexity index is 3830. The number of hydrogen-bond acceptors (Lipinski definition) is 0. The van der Waals surface area contributed by atoms with Crippen molar-refractivity contribution in [1.82, 2.24) is 18.3 Å². The summed E-state index contributed by atoms with van der Waals surface area (Å²) in [7, 11) is 0. The molecule has 5 heteroatoms. The van der Waals surface area contributed by atoms with Crippen LogP contribution in [0.4, 0.5) is 34.1 Å². The maximum absolute atomic E-state index is 2.66. The van der Waals surface area contributed by atoms with Gasteiger partial charge in [0.05, 0.1) is 11.1 Å². The Hall–Kier alpha value is -7.93. The summed E-state index contributed by atoms with van der Waals surface area (Å²) in [6, 6.07) is 80.4. The van der Waals surface area contributed by atoms with Gasteiger partial charge in [-0.2, -0.15) is 4.57 Å². The zero-order chi connectivity index (χ0) is 40.8. The number of aromatic nitrogens is 2. The van der Waals surface area contributed by atoms with Crippen LogP contribution in [0, 0.1) is 0 Å². The van der Waals surface area contributed by atoms with Crippen LogP contribution in [0.3, 0.4) is 0 Å². The molecule has 2 aromatic heterocycles. The Balaban J connectivity index is 1.17. The minimum absolute atomic E-state index is 0.0753. The molecule has 4 atom stereocenters. The molecule has 0 bridgehead atoms. The Labute approximate surface area is 363 Å². The molecule has 1 saturated heterocycles. The second-order valence-corrected chi connectivity index (χ2v) is 17.8. The standard InChI is InChI=1S/C58H37N5/c1-3-17-37(18-4-1)41-24-15-25-42(38-19-5-2-6-20-38)55(41)63-50-29-12-11-28-49(50)62(63)51-30-16-26-47-53-40-22-8-7-21-39(40)32-33-44(53)46-35-34-45-43-23-9-10-27-48(43)60-52-31-13-14-36-59(52)61(56(47)51,58(62)63)57(46)54(45)60/h1-36,58H/q+4. The Morgan fingerprint density at radius 1 is 0.381 bits per heavy atom. The Kier molecular flexibility index (Phi) is 5.69. The molecule has 4 unspecified atom stereocenters. The second kappa shape index (κ2) is 10.9. The molecular weight excluding hydrogens is 767 g/mol. The molecule has 5 aliphatic heterocycles. The molecule has 0 saturated carbocycles. The number of pyridine rings is 1. The summed E-state index contributed by atoms with van der Waals surface area (Å²) in [5.41, 5.74) is 20.8. The smallest absolute Gasteiger partial charge is 0.181 e. The molecule has 9 aromatic carbocycles. The summed E-state index contributed by atoms with van der Waals surface area (Å²) in [6.07, 6.45) is 2.31. The van der Waals surface area contributed by atoms with Gasteiger partial charge in [0, 0.05) is 65.5 Å². The highest BCUT2D eigenvalue weighted by atomic mass is 16.2. The fraction of sp³-hybridized carbons (Fsp3) is 0.0172. The summed E-state index contributed by atoms with van der Waals surface area (Å²) in [5.74, 6) is 1.17. The van der Waals surface area contributed by atoms with Gasteiger partial charge in [0.25, 0.3) is 22.7 Å². The van der Waals surface area contributed by atoms with E-state index in [0.717, 1.165) is 0 Å². The van der Waals surface area contributed by atoms with Gasteiger partial charge in [-0.15, -0.1) is 0 Å². The quantitative estimate of drug-likeness (QED) is 0.0956. The lowest BCUT2D eigenvalue weighted by Crippen LogP contribution is -2.74. The van der Waals surface area contributed by atoms with Gasteiger partial charge in [0.2, 0.25) is 16.9 Å². The van der Waals surface area contributed by atoms with Crippen molar-refractivity contribution in [3.63, 3.8) is 0 Å². The molecule has 2 spiro atoms. The Morgan fingerprint density at radius 3 is 1.79 bits per heavy atom. The molecule has 16 rings (SSSR count). The van der Waals surface area contributed by atoms with Crippen molar-refractivity contribution in [3.05, 3.63) is 219 Å². The van der Waals surface area contributed by atoms with E-state index in [0.29, 0.717) is 13.8 Å². The molecule has 1 fully saturated rings. The van der Waals surface area contributed by atoms with Crippen molar-refractivity contribution >= 4 is 66.7 Å². The van der Waals surface area contributed by atoms with E-state index in [9.17, 15) is 0 Å². The van der Waals surface area contributed by atoms with Crippen LogP contribution in [0.5, 0.6) is 0 Å². The van der Waals surface area contributed by atoms with Crippen molar-refractivity contribution in [2.24, 2.45) is 0 Å². The average Bonchev–Trinajstić information content (AvgIpc) is 3.60. The first-order chi connectivity index (χ1) is 31.3. The van der Waals surface area contributed by atoms with E-state index < -0.39 is 0 Å². The summed E-state index contributed by atoms with van der Waals surface area (Å²) in [5, 5.41) is 5.11. The molecule has 290 valence electrons. The number of fused-ring (bicyclic) bond motifs is 13. The molecule has 0 radical (unpaired) electrons. The normalized spacial score (nSPS) is 22.0. The van der Waals surface area contributed by atoms with E-state index in [1.165, 1.54) is 117 Å². The highest BCUT2D eigenvalue weighted by Gasteiger charge is 3.11. The zero-order valence-electron chi connectivity index (χ0n) is 34.1. The van der Waals surface area contributed by atoms with Gasteiger partial charge in [-0.3, -0.25) is 0 Å². The summed E-state index contributed by atoms with van der Waals surface area (Å²) >= 11 is 0. The van der Waals surface area contributed by atoms with Crippen LogP contribution in [0.15, 0.2) is 219 Å². The topological polar surface area (TPSA) is 8.81 Å². The van der Waals surface area contributed by atoms with E-state index in [1.807, 2.05) is 0 Å². The number of benzene rings is 9. The van der Waals surface area contributed by atoms with Crippen molar-refractivity contribution in [1.29, 1.82) is 0 Å². The largest absolute Gasteiger partial charge is 0.498 e. The summed E-state index contributed by atoms with van der Waals surface area (Å²) in [6.45, 7) is 0. The first-order valence-corrected chi connectivity index (χ1v) is 22.1. The van der Waals surface area contributed by atoms with Gasteiger partial charge in [-0.1, -0.05) is 140 Å². The van der Waals surface area contributed by atoms with Crippen LogP contribution in [-0.4, -0.2) is 10.9 Å². The molecule has 5 aliphatic rings. The predicted molar refractivity (Wildman–Crippen MR) is 257 cm³/mol. The average molecular weight is 804 g/mol.